The Labute approximate surface area is 138 Å². The van der Waals surface area contributed by atoms with E-state index in [1.165, 1.54) is 12.1 Å². The summed E-state index contributed by atoms with van der Waals surface area (Å²) in [7, 11) is -3.11. The lowest BCUT2D eigenvalue weighted by molar-refractivity contribution is 0.0490. The number of aryl methyl sites for hydroxylation is 1. The van der Waals surface area contributed by atoms with Crippen molar-refractivity contribution in [3.8, 4) is 0 Å². The molecule has 2 rings (SSSR count). The molecule has 0 unspecified atom stereocenters. The Bertz CT molecular complexity index is 847. The maximum atomic E-state index is 11.9. The van der Waals surface area contributed by atoms with E-state index in [9.17, 15) is 18.0 Å². The smallest absolute Gasteiger partial charge is 0.338 e. The second-order valence-electron chi connectivity index (χ2n) is 5.20. The van der Waals surface area contributed by atoms with E-state index >= 15 is 0 Å². The summed E-state index contributed by atoms with van der Waals surface area (Å²) in [6.07, 6.45) is 1.16. The highest BCUT2D eigenvalue weighted by Crippen LogP contribution is 2.09. The Kier molecular flexibility index (Phi) is 5.38. The van der Waals surface area contributed by atoms with E-state index in [0.29, 0.717) is 17.7 Å². The summed E-state index contributed by atoms with van der Waals surface area (Å²) < 4.78 is 29.1. The summed E-state index contributed by atoms with van der Waals surface area (Å²) >= 11 is 1.11. The normalized spacial score (nSPS) is 11.4. The lowest BCUT2D eigenvalue weighted by Crippen LogP contribution is -2.19. The molecule has 1 aromatic heterocycles. The van der Waals surface area contributed by atoms with E-state index < -0.39 is 15.8 Å². The van der Waals surface area contributed by atoms with Crippen LogP contribution >= 0.6 is 11.3 Å². The number of benzene rings is 1. The quantitative estimate of drug-likeness (QED) is 0.736. The van der Waals surface area contributed by atoms with Crippen molar-refractivity contribution >= 4 is 27.1 Å². The minimum atomic E-state index is -3.11. The van der Waals surface area contributed by atoms with Gasteiger partial charge in [0.1, 0.15) is 6.61 Å². The van der Waals surface area contributed by atoms with Crippen LogP contribution in [-0.4, -0.2) is 31.8 Å². The van der Waals surface area contributed by atoms with Crippen LogP contribution in [0, 0.1) is 6.92 Å². The Hall–Kier alpha value is -1.93. The molecule has 0 saturated heterocycles. The van der Waals surface area contributed by atoms with E-state index in [4.69, 9.17) is 4.74 Å². The summed E-state index contributed by atoms with van der Waals surface area (Å²) in [5.74, 6) is -0.570. The lowest BCUT2D eigenvalue weighted by atomic mass is 10.1. The summed E-state index contributed by atoms with van der Waals surface area (Å²) in [5, 5.41) is 1.75. The minimum absolute atomic E-state index is 0.0668. The fourth-order valence-electron chi connectivity index (χ4n) is 2.03. The van der Waals surface area contributed by atoms with Gasteiger partial charge in [-0.3, -0.25) is 9.36 Å². The van der Waals surface area contributed by atoms with Crippen LogP contribution in [0.3, 0.4) is 0 Å². The van der Waals surface area contributed by atoms with Gasteiger partial charge in [-0.15, -0.1) is 0 Å². The molecule has 0 fully saturated rings. The van der Waals surface area contributed by atoms with Crippen LogP contribution < -0.4 is 4.87 Å². The van der Waals surface area contributed by atoms with Crippen LogP contribution in [0.15, 0.2) is 34.4 Å². The zero-order valence-electron chi connectivity index (χ0n) is 12.8. The summed E-state index contributed by atoms with van der Waals surface area (Å²) in [6, 6.07) is 6.24. The van der Waals surface area contributed by atoms with Crippen molar-refractivity contribution in [3.05, 3.63) is 56.1 Å². The predicted molar refractivity (Wildman–Crippen MR) is 88.6 cm³/mol. The molecule has 0 amide bonds. The molecule has 0 aliphatic heterocycles. The van der Waals surface area contributed by atoms with Gasteiger partial charge in [0.15, 0.2) is 9.84 Å². The second kappa shape index (κ2) is 7.10. The minimum Gasteiger partial charge on any atom is -0.460 e. The molecule has 6 nitrogen and oxygen atoms in total. The number of carbonyl (C=O) groups is 1. The van der Waals surface area contributed by atoms with Gasteiger partial charge in [0.05, 0.1) is 17.9 Å². The summed E-state index contributed by atoms with van der Waals surface area (Å²) in [6.45, 7) is 2.23. The highest BCUT2D eigenvalue weighted by Gasteiger charge is 2.10. The molecule has 1 heterocycles. The molecule has 2 aromatic rings. The Morgan fingerprint density at radius 2 is 1.91 bits per heavy atom. The number of rotatable bonds is 6. The monoisotopic (exact) mass is 355 g/mol. The molecular formula is C15H17NO5S2. The van der Waals surface area contributed by atoms with Crippen LogP contribution in [0.4, 0.5) is 0 Å². The molecule has 0 aliphatic rings. The van der Waals surface area contributed by atoms with Gasteiger partial charge in [0, 0.05) is 17.3 Å². The van der Waals surface area contributed by atoms with Crippen molar-refractivity contribution in [3.63, 3.8) is 0 Å². The van der Waals surface area contributed by atoms with Gasteiger partial charge >= 0.3 is 10.8 Å². The van der Waals surface area contributed by atoms with Crippen molar-refractivity contribution in [1.82, 2.24) is 4.57 Å². The molecule has 0 spiro atoms. The second-order valence-corrected chi connectivity index (χ2v) is 8.16. The predicted octanol–water partition coefficient (Wildman–Crippen LogP) is 1.62. The van der Waals surface area contributed by atoms with Gasteiger partial charge in [-0.05, 0) is 24.6 Å². The van der Waals surface area contributed by atoms with Crippen molar-refractivity contribution in [2.45, 2.75) is 19.2 Å². The standard InChI is InChI=1S/C15H17NO5S2/c1-11-9-22-15(18)16(11)7-8-21-14(17)13-5-3-12(4-6-13)10-23(2,19)20/h3-6,9H,7-8,10H2,1-2H3. The van der Waals surface area contributed by atoms with Crippen LogP contribution in [0.25, 0.3) is 0 Å². The first-order chi connectivity index (χ1) is 10.8. The van der Waals surface area contributed by atoms with Crippen LogP contribution in [0.5, 0.6) is 0 Å². The van der Waals surface area contributed by atoms with Gasteiger partial charge in [-0.25, -0.2) is 13.2 Å². The fourth-order valence-corrected chi connectivity index (χ4v) is 3.59. The third kappa shape index (κ3) is 5.04. The van der Waals surface area contributed by atoms with Gasteiger partial charge in [-0.2, -0.15) is 0 Å². The number of ether oxygens (including phenoxy) is 1. The van der Waals surface area contributed by atoms with Crippen LogP contribution in [0.2, 0.25) is 0 Å². The molecule has 0 N–H and O–H groups in total. The summed E-state index contributed by atoms with van der Waals surface area (Å²) in [4.78, 5) is 23.4. The maximum absolute atomic E-state index is 11.9. The van der Waals surface area contributed by atoms with Crippen molar-refractivity contribution in [2.75, 3.05) is 12.9 Å². The first-order valence-electron chi connectivity index (χ1n) is 6.85. The molecule has 0 bridgehead atoms. The number of carbonyl (C=O) groups excluding carboxylic acids is 1. The lowest BCUT2D eigenvalue weighted by Gasteiger charge is -2.07. The van der Waals surface area contributed by atoms with Crippen LogP contribution in [-0.2, 0) is 26.9 Å². The molecule has 1 aromatic carbocycles. The molecule has 0 atom stereocenters. The molecule has 124 valence electrons. The molecule has 0 saturated carbocycles. The maximum Gasteiger partial charge on any atom is 0.338 e. The van der Waals surface area contributed by atoms with Crippen molar-refractivity contribution < 1.29 is 17.9 Å². The zero-order chi connectivity index (χ0) is 17.0. The Balaban J connectivity index is 1.92. The number of hydrogen-bond acceptors (Lipinski definition) is 6. The Morgan fingerprint density at radius 1 is 1.26 bits per heavy atom. The topological polar surface area (TPSA) is 82.4 Å². The van der Waals surface area contributed by atoms with Gasteiger partial charge < -0.3 is 4.74 Å². The molecule has 0 aliphatic carbocycles. The zero-order valence-corrected chi connectivity index (χ0v) is 14.4. The summed E-state index contributed by atoms with van der Waals surface area (Å²) in [5.41, 5.74) is 1.79. The average molecular weight is 355 g/mol. The third-order valence-electron chi connectivity index (χ3n) is 3.14. The van der Waals surface area contributed by atoms with E-state index in [0.717, 1.165) is 23.3 Å². The van der Waals surface area contributed by atoms with E-state index in [-0.39, 0.29) is 17.2 Å². The van der Waals surface area contributed by atoms with Gasteiger partial charge in [-0.1, -0.05) is 23.5 Å². The molecule has 0 radical (unpaired) electrons. The van der Waals surface area contributed by atoms with E-state index in [2.05, 4.69) is 0 Å². The van der Waals surface area contributed by atoms with E-state index in [1.807, 2.05) is 6.92 Å². The number of aromatic nitrogens is 1. The number of thiazole rings is 1. The van der Waals surface area contributed by atoms with Gasteiger partial charge in [0.2, 0.25) is 0 Å². The SMILES string of the molecule is Cc1csc(=O)n1CCOC(=O)c1ccc(CS(C)(=O)=O)cc1. The van der Waals surface area contributed by atoms with Gasteiger partial charge in [0.25, 0.3) is 0 Å². The number of hydrogen-bond donors (Lipinski definition) is 0. The molecule has 23 heavy (non-hydrogen) atoms. The van der Waals surface area contributed by atoms with E-state index in [1.54, 1.807) is 22.1 Å². The number of nitrogens with zero attached hydrogens (tertiary/aromatic N) is 1. The highest BCUT2D eigenvalue weighted by atomic mass is 32.2. The van der Waals surface area contributed by atoms with Crippen molar-refractivity contribution in [1.29, 1.82) is 0 Å². The number of sulfone groups is 1. The van der Waals surface area contributed by atoms with Crippen LogP contribution in [0.1, 0.15) is 21.6 Å². The molecule has 8 heteroatoms. The largest absolute Gasteiger partial charge is 0.460 e. The molecular weight excluding hydrogens is 338 g/mol. The third-order valence-corrected chi connectivity index (χ3v) is 4.88. The number of esters is 1. The fraction of sp³-hybridized carbons (Fsp3) is 0.333. The van der Waals surface area contributed by atoms with Crippen molar-refractivity contribution in [2.24, 2.45) is 0 Å². The average Bonchev–Trinajstić information content (AvgIpc) is 2.78. The Morgan fingerprint density at radius 3 is 2.43 bits per heavy atom. The first kappa shape index (κ1) is 17.4. The highest BCUT2D eigenvalue weighted by molar-refractivity contribution is 7.89. The first-order valence-corrected chi connectivity index (χ1v) is 9.79.